The van der Waals surface area contributed by atoms with E-state index in [0.29, 0.717) is 11.6 Å². The molecule has 152 valence electrons. The van der Waals surface area contributed by atoms with E-state index >= 15 is 0 Å². The molecule has 3 aromatic rings. The molecular weight excluding hydrogens is 396 g/mol. The molecule has 1 N–H and O–H groups in total. The Morgan fingerprint density at radius 2 is 1.83 bits per heavy atom. The first-order valence-electron chi connectivity index (χ1n) is 10.3. The maximum atomic E-state index is 11.3. The number of carboxylic acid groups (broad SMARTS) is 1. The number of carbonyl (C=O) groups is 1. The zero-order valence-electron chi connectivity index (χ0n) is 16.6. The number of nitrogens with zero attached hydrogens (tertiary/aromatic N) is 2. The number of fused-ring (bicyclic) bond motifs is 3. The third-order valence-electron chi connectivity index (χ3n) is 6.22. The van der Waals surface area contributed by atoms with Gasteiger partial charge < -0.3 is 10.0 Å². The summed E-state index contributed by atoms with van der Waals surface area (Å²) in [7, 11) is 0. The van der Waals surface area contributed by atoms with Gasteiger partial charge in [0.15, 0.2) is 0 Å². The standard InChI is InChI=1S/C25H23ClN2O2/c26-21-8-5-17(6-9-21)23-4-2-1-3-19(23)15-27-11-12-28-22(16-27)14-20-13-18(25(29)30)7-10-24(20)28/h1-10,13,22H,11-12,14-16H2,(H,29,30). The number of rotatable bonds is 4. The van der Waals surface area contributed by atoms with Crippen LogP contribution in [-0.4, -0.2) is 41.7 Å². The summed E-state index contributed by atoms with van der Waals surface area (Å²) in [6, 6.07) is 22.5. The van der Waals surface area contributed by atoms with Crippen LogP contribution in [-0.2, 0) is 13.0 Å². The predicted molar refractivity (Wildman–Crippen MR) is 120 cm³/mol. The van der Waals surface area contributed by atoms with E-state index in [-0.39, 0.29) is 0 Å². The SMILES string of the molecule is O=C(O)c1ccc2c(c1)CC1CN(Cc3ccccc3-c3ccc(Cl)cc3)CCN21. The summed E-state index contributed by atoms with van der Waals surface area (Å²) >= 11 is 6.07. The summed E-state index contributed by atoms with van der Waals surface area (Å²) in [5.74, 6) is -0.858. The Morgan fingerprint density at radius 1 is 1.03 bits per heavy atom. The molecule has 1 saturated heterocycles. The second kappa shape index (κ2) is 7.78. The van der Waals surface area contributed by atoms with Gasteiger partial charge in [0.1, 0.15) is 0 Å². The van der Waals surface area contributed by atoms with Crippen LogP contribution >= 0.6 is 11.6 Å². The largest absolute Gasteiger partial charge is 0.478 e. The third-order valence-corrected chi connectivity index (χ3v) is 6.48. The highest BCUT2D eigenvalue weighted by Crippen LogP contribution is 2.35. The van der Waals surface area contributed by atoms with E-state index in [1.807, 2.05) is 24.3 Å². The first-order chi connectivity index (χ1) is 14.6. The summed E-state index contributed by atoms with van der Waals surface area (Å²) in [5.41, 5.74) is 6.48. The van der Waals surface area contributed by atoms with Gasteiger partial charge in [0.05, 0.1) is 5.56 Å². The predicted octanol–water partition coefficient (Wildman–Crippen LogP) is 4.95. The van der Waals surface area contributed by atoms with Crippen molar-refractivity contribution in [2.24, 2.45) is 0 Å². The number of piperazine rings is 1. The Hall–Kier alpha value is -2.82. The highest BCUT2D eigenvalue weighted by Gasteiger charge is 2.34. The van der Waals surface area contributed by atoms with Gasteiger partial charge in [-0.25, -0.2) is 4.79 Å². The Bertz CT molecular complexity index is 1100. The molecule has 2 heterocycles. The molecule has 5 rings (SSSR count). The van der Waals surface area contributed by atoms with Gasteiger partial charge in [-0.15, -0.1) is 0 Å². The lowest BCUT2D eigenvalue weighted by atomic mass is 9.99. The monoisotopic (exact) mass is 418 g/mol. The molecule has 0 bridgehead atoms. The second-order valence-corrected chi connectivity index (χ2v) is 8.54. The molecule has 3 aromatic carbocycles. The van der Waals surface area contributed by atoms with E-state index in [2.05, 4.69) is 46.2 Å². The van der Waals surface area contributed by atoms with Crippen LogP contribution in [0.25, 0.3) is 11.1 Å². The van der Waals surface area contributed by atoms with Crippen molar-refractivity contribution in [3.8, 4) is 11.1 Å². The average Bonchev–Trinajstić information content (AvgIpc) is 3.11. The van der Waals surface area contributed by atoms with Crippen molar-refractivity contribution in [2.45, 2.75) is 19.0 Å². The summed E-state index contributed by atoms with van der Waals surface area (Å²) in [5, 5.41) is 10.0. The molecule has 5 heteroatoms. The molecule has 2 aliphatic heterocycles. The van der Waals surface area contributed by atoms with Crippen LogP contribution in [0.5, 0.6) is 0 Å². The number of halogens is 1. The molecule has 0 aliphatic carbocycles. The maximum absolute atomic E-state index is 11.3. The van der Waals surface area contributed by atoms with Gasteiger partial charge in [-0.1, -0.05) is 48.0 Å². The first kappa shape index (κ1) is 19.2. The Morgan fingerprint density at radius 3 is 2.63 bits per heavy atom. The lowest BCUT2D eigenvalue weighted by molar-refractivity contribution is 0.0697. The second-order valence-electron chi connectivity index (χ2n) is 8.10. The summed E-state index contributed by atoms with van der Waals surface area (Å²) in [4.78, 5) is 16.3. The summed E-state index contributed by atoms with van der Waals surface area (Å²) in [6.45, 7) is 3.84. The zero-order valence-corrected chi connectivity index (χ0v) is 17.3. The lowest BCUT2D eigenvalue weighted by Gasteiger charge is -2.39. The van der Waals surface area contributed by atoms with Gasteiger partial charge >= 0.3 is 5.97 Å². The lowest BCUT2D eigenvalue weighted by Crippen LogP contribution is -2.51. The van der Waals surface area contributed by atoms with Crippen LogP contribution in [0.15, 0.2) is 66.7 Å². The zero-order chi connectivity index (χ0) is 20.7. The van der Waals surface area contributed by atoms with Crippen LogP contribution in [0.1, 0.15) is 21.5 Å². The molecule has 0 spiro atoms. The topological polar surface area (TPSA) is 43.8 Å². The van der Waals surface area contributed by atoms with Crippen molar-refractivity contribution in [3.63, 3.8) is 0 Å². The molecular formula is C25H23ClN2O2. The maximum Gasteiger partial charge on any atom is 0.335 e. The number of hydrogen-bond acceptors (Lipinski definition) is 3. The van der Waals surface area contributed by atoms with Gasteiger partial charge in [0, 0.05) is 42.9 Å². The van der Waals surface area contributed by atoms with E-state index in [0.717, 1.165) is 43.2 Å². The summed E-state index contributed by atoms with van der Waals surface area (Å²) in [6.07, 6.45) is 0.909. The molecule has 2 aliphatic rings. The van der Waals surface area contributed by atoms with Gasteiger partial charge in [0.25, 0.3) is 0 Å². The number of benzene rings is 3. The molecule has 0 aromatic heterocycles. The average molecular weight is 419 g/mol. The fourth-order valence-electron chi connectivity index (χ4n) is 4.78. The van der Waals surface area contributed by atoms with E-state index in [1.165, 1.54) is 22.4 Å². The molecule has 1 fully saturated rings. The van der Waals surface area contributed by atoms with E-state index in [1.54, 1.807) is 6.07 Å². The highest BCUT2D eigenvalue weighted by molar-refractivity contribution is 6.30. The Labute approximate surface area is 181 Å². The molecule has 4 nitrogen and oxygen atoms in total. The van der Waals surface area contributed by atoms with Crippen LogP contribution in [0.3, 0.4) is 0 Å². The van der Waals surface area contributed by atoms with Crippen molar-refractivity contribution in [2.75, 3.05) is 24.5 Å². The van der Waals surface area contributed by atoms with Crippen molar-refractivity contribution >= 4 is 23.3 Å². The van der Waals surface area contributed by atoms with Gasteiger partial charge in [-0.2, -0.15) is 0 Å². The number of aromatic carboxylic acids is 1. The van der Waals surface area contributed by atoms with Crippen molar-refractivity contribution in [1.29, 1.82) is 0 Å². The van der Waals surface area contributed by atoms with Gasteiger partial charge in [-0.3, -0.25) is 4.90 Å². The third kappa shape index (κ3) is 3.57. The fourth-order valence-corrected chi connectivity index (χ4v) is 4.91. The fraction of sp³-hybridized carbons (Fsp3) is 0.240. The molecule has 1 atom stereocenters. The van der Waals surface area contributed by atoms with Crippen LogP contribution in [0.4, 0.5) is 5.69 Å². The number of anilines is 1. The number of carboxylic acids is 1. The Kier molecular flexibility index (Phi) is 4.97. The summed E-state index contributed by atoms with van der Waals surface area (Å²) < 4.78 is 0. The first-order valence-corrected chi connectivity index (χ1v) is 10.7. The quantitative estimate of drug-likeness (QED) is 0.650. The minimum Gasteiger partial charge on any atom is -0.478 e. The van der Waals surface area contributed by atoms with Crippen molar-refractivity contribution in [1.82, 2.24) is 4.90 Å². The minimum atomic E-state index is -0.858. The van der Waals surface area contributed by atoms with E-state index in [9.17, 15) is 9.90 Å². The van der Waals surface area contributed by atoms with Gasteiger partial charge in [0.2, 0.25) is 0 Å². The molecule has 0 amide bonds. The van der Waals surface area contributed by atoms with Crippen LogP contribution < -0.4 is 4.90 Å². The van der Waals surface area contributed by atoms with Crippen molar-refractivity contribution < 1.29 is 9.90 Å². The molecule has 0 radical (unpaired) electrons. The highest BCUT2D eigenvalue weighted by atomic mass is 35.5. The normalized spacial score (nSPS) is 18.2. The van der Waals surface area contributed by atoms with Crippen molar-refractivity contribution in [3.05, 3.63) is 88.4 Å². The Balaban J connectivity index is 1.33. The number of hydrogen-bond donors (Lipinski definition) is 1. The van der Waals surface area contributed by atoms with Crippen LogP contribution in [0.2, 0.25) is 5.02 Å². The van der Waals surface area contributed by atoms with E-state index < -0.39 is 5.97 Å². The van der Waals surface area contributed by atoms with E-state index in [4.69, 9.17) is 11.6 Å². The van der Waals surface area contributed by atoms with Gasteiger partial charge in [-0.05, 0) is 59.0 Å². The van der Waals surface area contributed by atoms with Crippen LogP contribution in [0, 0.1) is 0 Å². The smallest absolute Gasteiger partial charge is 0.335 e. The molecule has 1 unspecified atom stereocenters. The molecule has 30 heavy (non-hydrogen) atoms. The minimum absolute atomic E-state index is 0.377. The molecule has 0 saturated carbocycles.